The van der Waals surface area contributed by atoms with Gasteiger partial charge in [-0.3, -0.25) is 0 Å². The van der Waals surface area contributed by atoms with E-state index in [0.29, 0.717) is 0 Å². The summed E-state index contributed by atoms with van der Waals surface area (Å²) in [5, 5.41) is 3.65. The van der Waals surface area contributed by atoms with Gasteiger partial charge in [-0.1, -0.05) is 23.2 Å². The highest BCUT2D eigenvalue weighted by atomic mass is 35.7. The molecule has 0 saturated carbocycles. The lowest BCUT2D eigenvalue weighted by Crippen LogP contribution is -1.99. The molecule has 2 rings (SSSR count). The van der Waals surface area contributed by atoms with E-state index in [1.807, 2.05) is 0 Å². The second kappa shape index (κ2) is 6.10. The molecule has 0 spiro atoms. The van der Waals surface area contributed by atoms with Crippen molar-refractivity contribution in [1.82, 2.24) is 9.78 Å². The van der Waals surface area contributed by atoms with E-state index in [9.17, 15) is 12.8 Å². The van der Waals surface area contributed by atoms with Crippen LogP contribution in [0.25, 0.3) is 5.69 Å². The van der Waals surface area contributed by atoms with Crippen LogP contribution in [-0.2, 0) is 20.4 Å². The number of hydrogen-bond acceptors (Lipinski definition) is 4. The molecular weight excluding hydrogens is 366 g/mol. The van der Waals surface area contributed by atoms with E-state index in [-0.39, 0.29) is 33.1 Å². The number of ether oxygens (including phenoxy) is 1. The first-order chi connectivity index (χ1) is 9.75. The summed E-state index contributed by atoms with van der Waals surface area (Å²) in [5.74, 6) is -0.690. The van der Waals surface area contributed by atoms with Gasteiger partial charge in [0.2, 0.25) is 0 Å². The van der Waals surface area contributed by atoms with E-state index in [0.717, 1.165) is 10.7 Å². The molecule has 0 bridgehead atoms. The number of halogens is 4. The Morgan fingerprint density at radius 3 is 2.57 bits per heavy atom. The van der Waals surface area contributed by atoms with Gasteiger partial charge in [-0.2, -0.15) is 5.10 Å². The summed E-state index contributed by atoms with van der Waals surface area (Å²) in [6, 6.07) is 3.81. The van der Waals surface area contributed by atoms with Crippen LogP contribution in [0.15, 0.2) is 23.1 Å². The molecule has 5 nitrogen and oxygen atoms in total. The van der Waals surface area contributed by atoms with E-state index in [2.05, 4.69) is 5.10 Å². The summed E-state index contributed by atoms with van der Waals surface area (Å²) in [7, 11) is 2.57. The van der Waals surface area contributed by atoms with Gasteiger partial charge in [0.15, 0.2) is 5.15 Å². The van der Waals surface area contributed by atoms with Crippen LogP contribution in [0, 0.1) is 5.82 Å². The molecule has 1 heterocycles. The van der Waals surface area contributed by atoms with E-state index in [1.54, 1.807) is 0 Å². The molecule has 0 fully saturated rings. The Hall–Kier alpha value is -0.860. The molecule has 21 heavy (non-hydrogen) atoms. The Bertz CT molecular complexity index is 792. The van der Waals surface area contributed by atoms with Gasteiger partial charge in [-0.15, -0.1) is 0 Å². The molecule has 0 saturated heterocycles. The number of hydrogen-bond donors (Lipinski definition) is 0. The molecule has 0 amide bonds. The fourth-order valence-corrected chi connectivity index (χ4v) is 3.63. The van der Waals surface area contributed by atoms with Crippen LogP contribution in [-0.4, -0.2) is 25.3 Å². The maximum absolute atomic E-state index is 13.5. The molecular formula is C11H8Cl3FN2O3S. The monoisotopic (exact) mass is 372 g/mol. The van der Waals surface area contributed by atoms with Crippen LogP contribution in [0.1, 0.15) is 5.69 Å². The molecule has 1 aromatic carbocycles. The summed E-state index contributed by atoms with van der Waals surface area (Å²) in [6.07, 6.45) is 0. The third kappa shape index (κ3) is 3.32. The van der Waals surface area contributed by atoms with Gasteiger partial charge in [0.05, 0.1) is 17.3 Å². The standard InChI is InChI=1S/C11H8Cl3FN2O3S/c1-20-5-9-10(21(14,18)19)11(13)17(16-9)6-2-3-7(12)8(15)4-6/h2-4H,5H2,1H3. The largest absolute Gasteiger partial charge is 0.378 e. The second-order valence-corrected chi connectivity index (χ2v) is 7.22. The van der Waals surface area contributed by atoms with Crippen LogP contribution in [0.5, 0.6) is 0 Å². The molecule has 0 aliphatic carbocycles. The van der Waals surface area contributed by atoms with Crippen molar-refractivity contribution in [2.45, 2.75) is 11.5 Å². The summed E-state index contributed by atoms with van der Waals surface area (Å²) >= 11 is 11.6. The molecule has 0 atom stereocenters. The fraction of sp³-hybridized carbons (Fsp3) is 0.182. The van der Waals surface area contributed by atoms with Crippen LogP contribution >= 0.6 is 33.9 Å². The van der Waals surface area contributed by atoms with E-state index < -0.39 is 14.9 Å². The summed E-state index contributed by atoms with van der Waals surface area (Å²) < 4.78 is 42.6. The topological polar surface area (TPSA) is 61.2 Å². The van der Waals surface area contributed by atoms with Crippen molar-refractivity contribution >= 4 is 42.9 Å². The Labute approximate surface area is 134 Å². The number of benzene rings is 1. The Morgan fingerprint density at radius 1 is 1.38 bits per heavy atom. The van der Waals surface area contributed by atoms with Crippen LogP contribution in [0.3, 0.4) is 0 Å². The highest BCUT2D eigenvalue weighted by molar-refractivity contribution is 8.13. The molecule has 2 aromatic rings. The minimum absolute atomic E-state index is 0.0212. The zero-order valence-electron chi connectivity index (χ0n) is 10.5. The SMILES string of the molecule is COCc1nn(-c2ccc(Cl)c(F)c2)c(Cl)c1S(=O)(=O)Cl. The lowest BCUT2D eigenvalue weighted by molar-refractivity contribution is 0.179. The zero-order chi connectivity index (χ0) is 15.8. The van der Waals surface area contributed by atoms with Crippen molar-refractivity contribution in [3.63, 3.8) is 0 Å². The van der Waals surface area contributed by atoms with Crippen molar-refractivity contribution < 1.29 is 17.5 Å². The van der Waals surface area contributed by atoms with E-state index in [4.69, 9.17) is 38.6 Å². The molecule has 0 aliphatic heterocycles. The molecule has 0 aliphatic rings. The fourth-order valence-electron chi connectivity index (χ4n) is 1.69. The Morgan fingerprint density at radius 2 is 2.05 bits per heavy atom. The van der Waals surface area contributed by atoms with Crippen molar-refractivity contribution in [3.8, 4) is 5.69 Å². The molecule has 0 radical (unpaired) electrons. The predicted octanol–water partition coefficient (Wildman–Crippen LogP) is 3.39. The van der Waals surface area contributed by atoms with Gasteiger partial charge in [-0.05, 0) is 12.1 Å². The molecule has 1 aromatic heterocycles. The number of nitrogens with zero attached hydrogens (tertiary/aromatic N) is 2. The first-order valence-electron chi connectivity index (χ1n) is 5.42. The lowest BCUT2D eigenvalue weighted by atomic mass is 10.3. The van der Waals surface area contributed by atoms with Crippen LogP contribution in [0.2, 0.25) is 10.2 Å². The number of rotatable bonds is 4. The van der Waals surface area contributed by atoms with E-state index in [1.165, 1.54) is 19.2 Å². The van der Waals surface area contributed by atoms with Gasteiger partial charge < -0.3 is 4.74 Å². The smallest absolute Gasteiger partial charge is 0.266 e. The number of methoxy groups -OCH3 is 1. The van der Waals surface area contributed by atoms with E-state index >= 15 is 0 Å². The van der Waals surface area contributed by atoms with Crippen molar-refractivity contribution in [2.75, 3.05) is 7.11 Å². The summed E-state index contributed by atoms with van der Waals surface area (Å²) in [6.45, 7) is -0.121. The third-order valence-electron chi connectivity index (χ3n) is 2.53. The highest BCUT2D eigenvalue weighted by Gasteiger charge is 2.27. The molecule has 10 heteroatoms. The normalized spacial score (nSPS) is 11.9. The van der Waals surface area contributed by atoms with Gasteiger partial charge in [0, 0.05) is 23.9 Å². The summed E-state index contributed by atoms with van der Waals surface area (Å²) in [4.78, 5) is -0.372. The van der Waals surface area contributed by atoms with Crippen molar-refractivity contribution in [2.24, 2.45) is 0 Å². The quantitative estimate of drug-likeness (QED) is 0.771. The lowest BCUT2D eigenvalue weighted by Gasteiger charge is -2.04. The van der Waals surface area contributed by atoms with Crippen LogP contribution in [0.4, 0.5) is 4.39 Å². The van der Waals surface area contributed by atoms with Gasteiger partial charge in [0.1, 0.15) is 16.4 Å². The Kier molecular flexibility index (Phi) is 4.79. The molecule has 0 N–H and O–H groups in total. The Balaban J connectivity index is 2.68. The minimum Gasteiger partial charge on any atom is -0.378 e. The average Bonchev–Trinajstić information content (AvgIpc) is 2.70. The first kappa shape index (κ1) is 16.5. The molecule has 114 valence electrons. The van der Waals surface area contributed by atoms with Gasteiger partial charge >= 0.3 is 0 Å². The highest BCUT2D eigenvalue weighted by Crippen LogP contribution is 2.31. The van der Waals surface area contributed by atoms with Crippen molar-refractivity contribution in [3.05, 3.63) is 39.9 Å². The van der Waals surface area contributed by atoms with Crippen LogP contribution < -0.4 is 0 Å². The number of aromatic nitrogens is 2. The average molecular weight is 374 g/mol. The minimum atomic E-state index is -4.13. The predicted molar refractivity (Wildman–Crippen MR) is 77.3 cm³/mol. The third-order valence-corrected chi connectivity index (χ3v) is 4.68. The second-order valence-electron chi connectivity index (χ2n) is 3.95. The van der Waals surface area contributed by atoms with Gasteiger partial charge in [-0.25, -0.2) is 17.5 Å². The maximum Gasteiger partial charge on any atom is 0.266 e. The van der Waals surface area contributed by atoms with Gasteiger partial charge in [0.25, 0.3) is 9.05 Å². The maximum atomic E-state index is 13.5. The zero-order valence-corrected chi connectivity index (χ0v) is 13.6. The molecule has 0 unspecified atom stereocenters. The summed E-state index contributed by atoms with van der Waals surface area (Å²) in [5.41, 5.74) is 0.221. The van der Waals surface area contributed by atoms with Crippen molar-refractivity contribution in [1.29, 1.82) is 0 Å². The first-order valence-corrected chi connectivity index (χ1v) is 8.48.